The summed E-state index contributed by atoms with van der Waals surface area (Å²) in [6.45, 7) is 6.02. The lowest BCUT2D eigenvalue weighted by atomic mass is 9.85. The van der Waals surface area contributed by atoms with Crippen molar-refractivity contribution >= 4 is 22.6 Å². The van der Waals surface area contributed by atoms with Crippen LogP contribution < -0.4 is 0 Å². The molecule has 0 bridgehead atoms. The summed E-state index contributed by atoms with van der Waals surface area (Å²) >= 11 is 1.57. The van der Waals surface area contributed by atoms with E-state index < -0.39 is 21.0 Å². The average Bonchev–Trinajstić information content (AvgIpc) is 2.45. The van der Waals surface area contributed by atoms with Gasteiger partial charge in [0.2, 0.25) is 0 Å². The Morgan fingerprint density at radius 3 is 2.36 bits per heavy atom. The van der Waals surface area contributed by atoms with Gasteiger partial charge in [-0.25, -0.2) is 0 Å². The number of hydrogen-bond donors (Lipinski definition) is 1. The van der Waals surface area contributed by atoms with Crippen LogP contribution in [-0.4, -0.2) is 31.5 Å². The van der Waals surface area contributed by atoms with E-state index in [4.69, 9.17) is 0 Å². The quantitative estimate of drug-likeness (QED) is 0.797. The van der Waals surface area contributed by atoms with Gasteiger partial charge in [-0.15, -0.1) is 11.8 Å². The number of rotatable bonds is 2. The van der Waals surface area contributed by atoms with Crippen molar-refractivity contribution in [3.8, 4) is 0 Å². The van der Waals surface area contributed by atoms with Gasteiger partial charge in [0, 0.05) is 16.6 Å². The van der Waals surface area contributed by atoms with E-state index in [9.17, 15) is 9.32 Å². The maximum absolute atomic E-state index is 11.9. The minimum absolute atomic E-state index is 0.191. The first-order chi connectivity index (χ1) is 6.34. The standard InChI is InChI=1S/C10H20O2S2/c1-9(2,3)8(11)10(13-4)6-5-7-14(10)12/h8,11H,5-7H2,1-4H3/t8?,10-,14?/m0/s1. The zero-order valence-electron chi connectivity index (χ0n) is 9.37. The topological polar surface area (TPSA) is 37.3 Å². The van der Waals surface area contributed by atoms with Crippen molar-refractivity contribution in [2.75, 3.05) is 12.0 Å². The highest BCUT2D eigenvalue weighted by molar-refractivity contribution is 8.12. The Bertz CT molecular complexity index is 235. The van der Waals surface area contributed by atoms with Gasteiger partial charge in [0.05, 0.1) is 6.10 Å². The number of aliphatic hydroxyl groups excluding tert-OH is 1. The summed E-state index contributed by atoms with van der Waals surface area (Å²) in [5.41, 5.74) is -0.191. The summed E-state index contributed by atoms with van der Waals surface area (Å²) in [4.78, 5) is 0. The lowest BCUT2D eigenvalue weighted by Gasteiger charge is -2.39. The molecule has 1 N–H and O–H groups in total. The normalized spacial score (nSPS) is 35.9. The molecule has 0 amide bonds. The van der Waals surface area contributed by atoms with Gasteiger partial charge in [0.15, 0.2) is 0 Å². The third-order valence-corrected chi connectivity index (χ3v) is 6.86. The summed E-state index contributed by atoms with van der Waals surface area (Å²) in [6.07, 6.45) is 3.31. The number of thioether (sulfide) groups is 1. The molecule has 1 aliphatic heterocycles. The zero-order valence-corrected chi connectivity index (χ0v) is 11.0. The van der Waals surface area contributed by atoms with E-state index in [1.165, 1.54) is 0 Å². The first-order valence-corrected chi connectivity index (χ1v) is 7.50. The Kier molecular flexibility index (Phi) is 3.71. The molecule has 0 aliphatic carbocycles. The average molecular weight is 236 g/mol. The minimum Gasteiger partial charge on any atom is -0.390 e. The maximum Gasteiger partial charge on any atom is 0.117 e. The smallest absolute Gasteiger partial charge is 0.117 e. The first-order valence-electron chi connectivity index (χ1n) is 4.96. The summed E-state index contributed by atoms with van der Waals surface area (Å²) in [6, 6.07) is 0. The second kappa shape index (κ2) is 4.14. The molecular weight excluding hydrogens is 216 g/mol. The van der Waals surface area contributed by atoms with Crippen LogP contribution in [0.2, 0.25) is 0 Å². The molecule has 2 nitrogen and oxygen atoms in total. The van der Waals surface area contributed by atoms with Gasteiger partial charge in [-0.2, -0.15) is 0 Å². The Hall–Kier alpha value is 0.460. The van der Waals surface area contributed by atoms with Crippen molar-refractivity contribution in [1.82, 2.24) is 0 Å². The van der Waals surface area contributed by atoms with Crippen LogP contribution in [0, 0.1) is 5.41 Å². The van der Waals surface area contributed by atoms with Gasteiger partial charge >= 0.3 is 0 Å². The Balaban J connectivity index is 2.95. The zero-order chi connectivity index (χ0) is 11.0. The molecule has 1 aliphatic rings. The molecule has 1 rings (SSSR count). The highest BCUT2D eigenvalue weighted by Gasteiger charge is 2.50. The second-order valence-electron chi connectivity index (χ2n) is 4.94. The molecule has 84 valence electrons. The van der Waals surface area contributed by atoms with Crippen molar-refractivity contribution in [2.45, 2.75) is 43.8 Å². The van der Waals surface area contributed by atoms with Gasteiger partial charge in [0.1, 0.15) is 4.08 Å². The van der Waals surface area contributed by atoms with Gasteiger partial charge in [-0.3, -0.25) is 4.21 Å². The van der Waals surface area contributed by atoms with Crippen LogP contribution in [0.25, 0.3) is 0 Å². The van der Waals surface area contributed by atoms with Crippen molar-refractivity contribution in [2.24, 2.45) is 5.41 Å². The van der Waals surface area contributed by atoms with Crippen molar-refractivity contribution in [1.29, 1.82) is 0 Å². The molecule has 0 aromatic heterocycles. The fraction of sp³-hybridized carbons (Fsp3) is 1.00. The highest BCUT2D eigenvalue weighted by Crippen LogP contribution is 2.46. The third kappa shape index (κ3) is 2.02. The van der Waals surface area contributed by atoms with Crippen LogP contribution in [0.4, 0.5) is 0 Å². The fourth-order valence-electron chi connectivity index (χ4n) is 1.96. The second-order valence-corrected chi connectivity index (χ2v) is 8.16. The Labute approximate surface area is 93.3 Å². The molecule has 3 atom stereocenters. The van der Waals surface area contributed by atoms with E-state index in [-0.39, 0.29) is 5.41 Å². The molecule has 0 aromatic rings. The van der Waals surface area contributed by atoms with E-state index in [1.54, 1.807) is 11.8 Å². The molecule has 0 spiro atoms. The van der Waals surface area contributed by atoms with Gasteiger partial charge in [-0.1, -0.05) is 20.8 Å². The highest BCUT2D eigenvalue weighted by atomic mass is 32.2. The van der Waals surface area contributed by atoms with E-state index in [0.717, 1.165) is 18.6 Å². The van der Waals surface area contributed by atoms with Crippen LogP contribution in [-0.2, 0) is 10.8 Å². The Morgan fingerprint density at radius 1 is 1.50 bits per heavy atom. The van der Waals surface area contributed by atoms with Crippen LogP contribution in [0.1, 0.15) is 33.6 Å². The first kappa shape index (κ1) is 12.5. The lowest BCUT2D eigenvalue weighted by molar-refractivity contribution is 0.0510. The molecular formula is C10H20O2S2. The number of aliphatic hydroxyl groups is 1. The van der Waals surface area contributed by atoms with E-state index in [1.807, 2.05) is 27.0 Å². The fourth-order valence-corrected chi connectivity index (χ4v) is 5.61. The Morgan fingerprint density at radius 2 is 2.07 bits per heavy atom. The molecule has 14 heavy (non-hydrogen) atoms. The van der Waals surface area contributed by atoms with Gasteiger partial charge in [-0.05, 0) is 24.5 Å². The van der Waals surface area contributed by atoms with Crippen LogP contribution in [0.15, 0.2) is 0 Å². The van der Waals surface area contributed by atoms with Crippen LogP contribution >= 0.6 is 11.8 Å². The number of hydrogen-bond acceptors (Lipinski definition) is 3. The summed E-state index contributed by atoms with van der Waals surface area (Å²) in [7, 11) is -0.883. The SMILES string of the molecule is CS[C@@]1(C(O)C(C)(C)C)CCCS1=O. The van der Waals surface area contributed by atoms with Gasteiger partial charge < -0.3 is 5.11 Å². The van der Waals surface area contributed by atoms with Crippen molar-refractivity contribution in [3.63, 3.8) is 0 Å². The van der Waals surface area contributed by atoms with Crippen LogP contribution in [0.5, 0.6) is 0 Å². The van der Waals surface area contributed by atoms with Gasteiger partial charge in [0.25, 0.3) is 0 Å². The molecule has 1 heterocycles. The molecule has 1 saturated heterocycles. The third-order valence-electron chi connectivity index (χ3n) is 2.82. The lowest BCUT2D eigenvalue weighted by Crippen LogP contribution is -2.47. The van der Waals surface area contributed by atoms with E-state index >= 15 is 0 Å². The predicted octanol–water partition coefficient (Wildman–Crippen LogP) is 2.00. The van der Waals surface area contributed by atoms with Crippen LogP contribution in [0.3, 0.4) is 0 Å². The van der Waals surface area contributed by atoms with E-state index in [0.29, 0.717) is 0 Å². The minimum atomic E-state index is -0.883. The summed E-state index contributed by atoms with van der Waals surface area (Å²) in [5, 5.41) is 10.3. The summed E-state index contributed by atoms with van der Waals surface area (Å²) in [5.74, 6) is 0.744. The molecule has 0 saturated carbocycles. The van der Waals surface area contributed by atoms with Crippen molar-refractivity contribution in [3.05, 3.63) is 0 Å². The predicted molar refractivity (Wildman–Crippen MR) is 64.0 cm³/mol. The summed E-state index contributed by atoms with van der Waals surface area (Å²) < 4.78 is 11.5. The van der Waals surface area contributed by atoms with E-state index in [2.05, 4.69) is 0 Å². The largest absolute Gasteiger partial charge is 0.390 e. The molecule has 2 unspecified atom stereocenters. The monoisotopic (exact) mass is 236 g/mol. The molecule has 0 radical (unpaired) electrons. The molecule has 4 heteroatoms. The molecule has 1 fully saturated rings. The van der Waals surface area contributed by atoms with Crippen molar-refractivity contribution < 1.29 is 9.32 Å². The molecule has 0 aromatic carbocycles. The maximum atomic E-state index is 11.9.